The molecule has 0 saturated carbocycles. The maximum atomic E-state index is 5.35. The molecule has 0 aliphatic rings. The normalized spacial score (nSPS) is 11.1. The van der Waals surface area contributed by atoms with Crippen molar-refractivity contribution < 1.29 is 9.26 Å². The maximum Gasteiger partial charge on any atom is 0.253 e. The van der Waals surface area contributed by atoms with Crippen molar-refractivity contribution in [1.82, 2.24) is 15.1 Å². The van der Waals surface area contributed by atoms with Gasteiger partial charge < -0.3 is 15.0 Å². The van der Waals surface area contributed by atoms with Gasteiger partial charge in [-0.25, -0.2) is 4.98 Å². The first-order valence-electron chi connectivity index (χ1n) is 6.44. The third-order valence-electron chi connectivity index (χ3n) is 2.85. The van der Waals surface area contributed by atoms with Crippen LogP contribution in [0.2, 0.25) is 0 Å². The summed E-state index contributed by atoms with van der Waals surface area (Å²) in [7, 11) is 0. The zero-order valence-corrected chi connectivity index (χ0v) is 12.7. The number of halogens is 1. The lowest BCUT2D eigenvalue weighted by Crippen LogP contribution is -2.08. The molecule has 7 heteroatoms. The summed E-state index contributed by atoms with van der Waals surface area (Å²) in [6, 6.07) is 9.83. The molecule has 0 amide bonds. The molecule has 0 fully saturated rings. The Morgan fingerprint density at radius 2 is 2.10 bits per heavy atom. The van der Waals surface area contributed by atoms with Crippen LogP contribution < -0.4 is 5.73 Å². The van der Waals surface area contributed by atoms with Crippen LogP contribution in [0.25, 0.3) is 22.4 Å². The van der Waals surface area contributed by atoms with Crippen molar-refractivity contribution in [2.24, 2.45) is 5.73 Å². The van der Waals surface area contributed by atoms with Gasteiger partial charge in [-0.1, -0.05) is 23.4 Å². The van der Waals surface area contributed by atoms with Crippen LogP contribution in [0.5, 0.6) is 0 Å². The monoisotopic (exact) mass is 348 g/mol. The van der Waals surface area contributed by atoms with E-state index >= 15 is 0 Å². The number of fused-ring (bicyclic) bond motifs is 1. The summed E-state index contributed by atoms with van der Waals surface area (Å²) in [5.41, 5.74) is 6.87. The molecule has 0 aliphatic carbocycles. The molecule has 0 bridgehead atoms. The van der Waals surface area contributed by atoms with Crippen LogP contribution in [-0.4, -0.2) is 28.3 Å². The molecule has 6 nitrogen and oxygen atoms in total. The lowest BCUT2D eigenvalue weighted by atomic mass is 10.2. The van der Waals surface area contributed by atoms with Gasteiger partial charge in [0.2, 0.25) is 5.82 Å². The number of rotatable bonds is 5. The number of pyridine rings is 1. The summed E-state index contributed by atoms with van der Waals surface area (Å²) >= 11 is 3.50. The number of aromatic nitrogens is 3. The quantitative estimate of drug-likeness (QED) is 0.713. The molecule has 1 aromatic carbocycles. The van der Waals surface area contributed by atoms with E-state index in [9.17, 15) is 0 Å². The first-order chi connectivity index (χ1) is 10.3. The lowest BCUT2D eigenvalue weighted by molar-refractivity contribution is 0.104. The van der Waals surface area contributed by atoms with E-state index < -0.39 is 0 Å². The Labute approximate surface area is 129 Å². The fourth-order valence-electron chi connectivity index (χ4n) is 1.90. The van der Waals surface area contributed by atoms with Crippen LogP contribution in [0, 0.1) is 0 Å². The summed E-state index contributed by atoms with van der Waals surface area (Å²) in [6.07, 6.45) is 0. The van der Waals surface area contributed by atoms with Crippen molar-refractivity contribution in [1.29, 1.82) is 0 Å². The van der Waals surface area contributed by atoms with Crippen LogP contribution in [-0.2, 0) is 11.3 Å². The van der Waals surface area contributed by atoms with E-state index in [0.29, 0.717) is 30.6 Å². The van der Waals surface area contributed by atoms with Crippen molar-refractivity contribution in [3.05, 3.63) is 40.7 Å². The molecule has 0 aliphatic heterocycles. The van der Waals surface area contributed by atoms with Crippen LogP contribution >= 0.6 is 15.9 Å². The van der Waals surface area contributed by atoms with Crippen LogP contribution in [0.4, 0.5) is 0 Å². The summed E-state index contributed by atoms with van der Waals surface area (Å²) < 4.78 is 11.2. The summed E-state index contributed by atoms with van der Waals surface area (Å²) in [6.45, 7) is 1.16. The van der Waals surface area contributed by atoms with Gasteiger partial charge in [0.25, 0.3) is 5.89 Å². The molecular formula is C14H13BrN4O2. The predicted molar refractivity (Wildman–Crippen MR) is 81.4 cm³/mol. The summed E-state index contributed by atoms with van der Waals surface area (Å²) in [5.74, 6) is 0.833. The zero-order valence-electron chi connectivity index (χ0n) is 11.1. The van der Waals surface area contributed by atoms with Gasteiger partial charge >= 0.3 is 0 Å². The van der Waals surface area contributed by atoms with Gasteiger partial charge in [-0.15, -0.1) is 0 Å². The molecule has 2 heterocycles. The lowest BCUT2D eigenvalue weighted by Gasteiger charge is -2.02. The minimum Gasteiger partial charge on any atom is -0.370 e. The van der Waals surface area contributed by atoms with Crippen molar-refractivity contribution in [2.75, 3.05) is 13.2 Å². The Kier molecular flexibility index (Phi) is 4.23. The second-order valence-corrected chi connectivity index (χ2v) is 5.22. The van der Waals surface area contributed by atoms with Gasteiger partial charge in [-0.3, -0.25) is 0 Å². The largest absolute Gasteiger partial charge is 0.370 e. The highest BCUT2D eigenvalue weighted by Crippen LogP contribution is 2.27. The molecule has 2 N–H and O–H groups in total. The average molecular weight is 349 g/mol. The molecule has 3 aromatic rings. The van der Waals surface area contributed by atoms with E-state index in [4.69, 9.17) is 15.0 Å². The minimum absolute atomic E-state index is 0.245. The second kappa shape index (κ2) is 6.30. The first kappa shape index (κ1) is 14.1. The number of nitrogens with two attached hydrogens (primary N) is 1. The van der Waals surface area contributed by atoms with Crippen LogP contribution in [0.1, 0.15) is 5.89 Å². The van der Waals surface area contributed by atoms with Crippen molar-refractivity contribution >= 4 is 26.8 Å². The molecule has 0 atom stereocenters. The smallest absolute Gasteiger partial charge is 0.253 e. The van der Waals surface area contributed by atoms with Crippen LogP contribution in [0.3, 0.4) is 0 Å². The fourth-order valence-corrected chi connectivity index (χ4v) is 2.41. The van der Waals surface area contributed by atoms with Gasteiger partial charge in [-0.2, -0.15) is 4.98 Å². The summed E-state index contributed by atoms with van der Waals surface area (Å²) in [4.78, 5) is 8.85. The number of para-hydroxylation sites is 1. The van der Waals surface area contributed by atoms with E-state index in [2.05, 4.69) is 31.1 Å². The maximum absolute atomic E-state index is 5.35. The SMILES string of the molecule is NCCOCc1nc(-c2nc3ccccc3cc2Br)no1. The summed E-state index contributed by atoms with van der Waals surface area (Å²) in [5, 5.41) is 4.99. The van der Waals surface area contributed by atoms with E-state index in [-0.39, 0.29) is 6.61 Å². The number of benzene rings is 1. The molecule has 0 saturated heterocycles. The third-order valence-corrected chi connectivity index (χ3v) is 3.45. The average Bonchev–Trinajstić information content (AvgIpc) is 2.95. The number of ether oxygens (including phenoxy) is 1. The predicted octanol–water partition coefficient (Wildman–Crippen LogP) is 2.52. The van der Waals surface area contributed by atoms with Crippen molar-refractivity contribution in [3.8, 4) is 11.5 Å². The Bertz CT molecular complexity index is 760. The van der Waals surface area contributed by atoms with E-state index in [1.807, 2.05) is 30.3 Å². The number of hydrogen-bond donors (Lipinski definition) is 1. The number of nitrogens with zero attached hydrogens (tertiary/aromatic N) is 3. The van der Waals surface area contributed by atoms with Gasteiger partial charge in [-0.05, 0) is 28.1 Å². The Hall–Kier alpha value is -1.83. The van der Waals surface area contributed by atoms with Gasteiger partial charge in [0.05, 0.1) is 12.1 Å². The Balaban J connectivity index is 1.91. The third kappa shape index (κ3) is 3.10. The van der Waals surface area contributed by atoms with E-state index in [1.165, 1.54) is 0 Å². The molecular weight excluding hydrogens is 336 g/mol. The van der Waals surface area contributed by atoms with E-state index in [1.54, 1.807) is 0 Å². The Morgan fingerprint density at radius 1 is 1.24 bits per heavy atom. The van der Waals surface area contributed by atoms with Crippen LogP contribution in [0.15, 0.2) is 39.3 Å². The van der Waals surface area contributed by atoms with E-state index in [0.717, 1.165) is 15.4 Å². The molecule has 21 heavy (non-hydrogen) atoms. The van der Waals surface area contributed by atoms with Gasteiger partial charge in [0.1, 0.15) is 12.3 Å². The molecule has 2 aromatic heterocycles. The van der Waals surface area contributed by atoms with Crippen molar-refractivity contribution in [2.45, 2.75) is 6.61 Å². The first-order valence-corrected chi connectivity index (χ1v) is 7.23. The number of hydrogen-bond acceptors (Lipinski definition) is 6. The van der Waals surface area contributed by atoms with Gasteiger partial charge in [0.15, 0.2) is 0 Å². The molecule has 108 valence electrons. The minimum atomic E-state index is 0.245. The van der Waals surface area contributed by atoms with Crippen molar-refractivity contribution in [3.63, 3.8) is 0 Å². The fraction of sp³-hybridized carbons (Fsp3) is 0.214. The molecule has 0 spiro atoms. The van der Waals surface area contributed by atoms with Gasteiger partial charge in [0, 0.05) is 16.4 Å². The highest BCUT2D eigenvalue weighted by Gasteiger charge is 2.14. The standard InChI is InChI=1S/C14H13BrN4O2/c15-10-7-9-3-1-2-4-11(9)17-13(10)14-18-12(21-19-14)8-20-6-5-16/h1-4,7H,5-6,8,16H2. The highest BCUT2D eigenvalue weighted by molar-refractivity contribution is 9.10. The highest BCUT2D eigenvalue weighted by atomic mass is 79.9. The second-order valence-electron chi connectivity index (χ2n) is 4.36. The zero-order chi connectivity index (χ0) is 14.7. The molecule has 0 radical (unpaired) electrons. The topological polar surface area (TPSA) is 87.1 Å². The molecule has 0 unspecified atom stereocenters. The molecule has 3 rings (SSSR count). The Morgan fingerprint density at radius 3 is 2.95 bits per heavy atom.